The largest absolute Gasteiger partial charge is 0.367 e. The molecule has 0 spiro atoms. The Morgan fingerprint density at radius 1 is 1.35 bits per heavy atom. The average molecular weight is 281 g/mol. The van der Waals surface area contributed by atoms with Gasteiger partial charge in [0.15, 0.2) is 0 Å². The Balaban J connectivity index is 1.92. The third-order valence-electron chi connectivity index (χ3n) is 4.37. The van der Waals surface area contributed by atoms with E-state index in [0.29, 0.717) is 17.7 Å². The molecule has 1 fully saturated rings. The van der Waals surface area contributed by atoms with Crippen LogP contribution in [0.5, 0.6) is 0 Å². The molecule has 0 bridgehead atoms. The van der Waals surface area contributed by atoms with E-state index in [0.717, 1.165) is 51.1 Å². The highest BCUT2D eigenvalue weighted by Gasteiger charge is 2.36. The van der Waals surface area contributed by atoms with Crippen molar-refractivity contribution in [3.05, 3.63) is 11.7 Å². The fraction of sp³-hybridized carbons (Fsp3) is 0.867. The second-order valence-electron chi connectivity index (χ2n) is 6.31. The Labute approximate surface area is 121 Å². The van der Waals surface area contributed by atoms with Crippen LogP contribution in [0.1, 0.15) is 58.2 Å². The van der Waals surface area contributed by atoms with Crippen LogP contribution in [0.3, 0.4) is 0 Å². The van der Waals surface area contributed by atoms with Crippen LogP contribution in [0.4, 0.5) is 0 Å². The molecule has 1 saturated heterocycles. The zero-order valence-corrected chi connectivity index (χ0v) is 12.9. The van der Waals surface area contributed by atoms with Gasteiger partial charge in [-0.05, 0) is 51.0 Å². The maximum absolute atomic E-state index is 5.74. The van der Waals surface area contributed by atoms with E-state index in [1.54, 1.807) is 0 Å². The predicted octanol–water partition coefficient (Wildman–Crippen LogP) is 2.65. The van der Waals surface area contributed by atoms with Gasteiger partial charge in [0, 0.05) is 13.0 Å². The Morgan fingerprint density at radius 3 is 2.75 bits per heavy atom. The van der Waals surface area contributed by atoms with E-state index in [9.17, 15) is 0 Å². The van der Waals surface area contributed by atoms with Gasteiger partial charge in [-0.2, -0.15) is 4.98 Å². The fourth-order valence-electron chi connectivity index (χ4n) is 2.86. The van der Waals surface area contributed by atoms with Crippen molar-refractivity contribution in [2.75, 3.05) is 13.2 Å². The summed E-state index contributed by atoms with van der Waals surface area (Å²) in [7, 11) is 0. The molecule has 0 saturated carbocycles. The second-order valence-corrected chi connectivity index (χ2v) is 6.31. The van der Waals surface area contributed by atoms with E-state index < -0.39 is 0 Å². The maximum Gasteiger partial charge on any atom is 0.226 e. The maximum atomic E-state index is 5.74. The molecular formula is C15H27N3O2. The minimum absolute atomic E-state index is 0.351. The number of aryl methyl sites for hydroxylation is 1. The molecule has 1 aromatic heterocycles. The minimum Gasteiger partial charge on any atom is -0.367 e. The summed E-state index contributed by atoms with van der Waals surface area (Å²) >= 11 is 0. The van der Waals surface area contributed by atoms with Gasteiger partial charge in [0.05, 0.1) is 0 Å². The van der Waals surface area contributed by atoms with Crippen molar-refractivity contribution < 1.29 is 9.26 Å². The molecule has 114 valence electrons. The molecule has 1 aliphatic rings. The number of nitrogens with zero attached hydrogens (tertiary/aromatic N) is 2. The van der Waals surface area contributed by atoms with Crippen molar-refractivity contribution >= 4 is 0 Å². The lowest BCUT2D eigenvalue weighted by Gasteiger charge is -2.19. The first-order valence-electron chi connectivity index (χ1n) is 7.72. The van der Waals surface area contributed by atoms with Crippen LogP contribution in [-0.2, 0) is 16.8 Å². The Hall–Kier alpha value is -0.940. The highest BCUT2D eigenvalue weighted by atomic mass is 16.5. The molecule has 5 nitrogen and oxygen atoms in total. The van der Waals surface area contributed by atoms with Crippen LogP contribution >= 0.6 is 0 Å². The van der Waals surface area contributed by atoms with E-state index in [2.05, 4.69) is 24.0 Å². The Kier molecular flexibility index (Phi) is 5.16. The van der Waals surface area contributed by atoms with E-state index in [-0.39, 0.29) is 5.60 Å². The van der Waals surface area contributed by atoms with Crippen molar-refractivity contribution in [3.63, 3.8) is 0 Å². The normalized spacial score (nSPS) is 24.4. The number of nitrogens with two attached hydrogens (primary N) is 1. The van der Waals surface area contributed by atoms with Gasteiger partial charge in [-0.1, -0.05) is 19.0 Å². The van der Waals surface area contributed by atoms with E-state index in [4.69, 9.17) is 15.0 Å². The van der Waals surface area contributed by atoms with Crippen LogP contribution in [0.2, 0.25) is 0 Å². The molecular weight excluding hydrogens is 254 g/mol. The summed E-state index contributed by atoms with van der Waals surface area (Å²) in [5.41, 5.74) is 5.32. The zero-order chi connectivity index (χ0) is 14.6. The van der Waals surface area contributed by atoms with Gasteiger partial charge in [-0.3, -0.25) is 0 Å². The fourth-order valence-corrected chi connectivity index (χ4v) is 2.86. The van der Waals surface area contributed by atoms with Crippen LogP contribution in [0.25, 0.3) is 0 Å². The van der Waals surface area contributed by atoms with Crippen molar-refractivity contribution in [2.24, 2.45) is 17.6 Å². The summed E-state index contributed by atoms with van der Waals surface area (Å²) in [4.78, 5) is 4.52. The number of ether oxygens (including phenoxy) is 1. The van der Waals surface area contributed by atoms with Crippen LogP contribution in [0, 0.1) is 11.8 Å². The quantitative estimate of drug-likeness (QED) is 0.831. The molecule has 0 aliphatic carbocycles. The van der Waals surface area contributed by atoms with Gasteiger partial charge in [0.2, 0.25) is 11.7 Å². The molecule has 2 unspecified atom stereocenters. The lowest BCUT2D eigenvalue weighted by Crippen LogP contribution is -2.21. The summed E-state index contributed by atoms with van der Waals surface area (Å²) in [6.45, 7) is 8.05. The lowest BCUT2D eigenvalue weighted by molar-refractivity contribution is 0.00768. The molecule has 2 rings (SSSR count). The van der Waals surface area contributed by atoms with Crippen LogP contribution < -0.4 is 5.73 Å². The number of hydrogen-bond donors (Lipinski definition) is 1. The zero-order valence-electron chi connectivity index (χ0n) is 12.9. The molecule has 1 aliphatic heterocycles. The summed E-state index contributed by atoms with van der Waals surface area (Å²) in [6, 6.07) is 0. The highest BCUT2D eigenvalue weighted by Crippen LogP contribution is 2.33. The molecule has 2 N–H and O–H groups in total. The Morgan fingerprint density at radius 2 is 2.15 bits per heavy atom. The van der Waals surface area contributed by atoms with Crippen molar-refractivity contribution in [1.82, 2.24) is 10.1 Å². The standard InChI is InChI=1S/C15H27N3O2/c1-11(2)12(7-9-16)5-6-13-17-14(18-20-13)15(3)8-4-10-19-15/h11-12H,4-10,16H2,1-3H3. The Bertz CT molecular complexity index is 411. The van der Waals surface area contributed by atoms with Gasteiger partial charge < -0.3 is 15.0 Å². The van der Waals surface area contributed by atoms with Crippen LogP contribution in [0.15, 0.2) is 4.52 Å². The second kappa shape index (κ2) is 6.68. The molecule has 2 atom stereocenters. The summed E-state index contributed by atoms with van der Waals surface area (Å²) < 4.78 is 11.1. The monoisotopic (exact) mass is 281 g/mol. The molecule has 2 heterocycles. The summed E-state index contributed by atoms with van der Waals surface area (Å²) in [6.07, 6.45) is 4.96. The van der Waals surface area contributed by atoms with E-state index in [1.807, 2.05) is 6.92 Å². The summed E-state index contributed by atoms with van der Waals surface area (Å²) in [5.74, 6) is 2.68. The molecule has 0 amide bonds. The smallest absolute Gasteiger partial charge is 0.226 e. The first-order chi connectivity index (χ1) is 9.55. The van der Waals surface area contributed by atoms with E-state index >= 15 is 0 Å². The first kappa shape index (κ1) is 15.4. The van der Waals surface area contributed by atoms with Crippen molar-refractivity contribution in [2.45, 2.75) is 58.5 Å². The molecule has 5 heteroatoms. The number of hydrogen-bond acceptors (Lipinski definition) is 5. The minimum atomic E-state index is -0.351. The van der Waals surface area contributed by atoms with E-state index in [1.165, 1.54) is 0 Å². The molecule has 20 heavy (non-hydrogen) atoms. The van der Waals surface area contributed by atoms with Gasteiger partial charge >= 0.3 is 0 Å². The van der Waals surface area contributed by atoms with Crippen molar-refractivity contribution in [1.29, 1.82) is 0 Å². The predicted molar refractivity (Wildman–Crippen MR) is 77.2 cm³/mol. The summed E-state index contributed by atoms with van der Waals surface area (Å²) in [5, 5.41) is 4.10. The highest BCUT2D eigenvalue weighted by molar-refractivity contribution is 5.01. The first-order valence-corrected chi connectivity index (χ1v) is 7.72. The molecule has 0 aromatic carbocycles. The number of aromatic nitrogens is 2. The van der Waals surface area contributed by atoms with Crippen LogP contribution in [-0.4, -0.2) is 23.3 Å². The van der Waals surface area contributed by atoms with Gasteiger partial charge in [0.1, 0.15) is 5.60 Å². The number of rotatable bonds is 7. The lowest BCUT2D eigenvalue weighted by atomic mass is 9.88. The topological polar surface area (TPSA) is 74.2 Å². The van der Waals surface area contributed by atoms with Crippen molar-refractivity contribution in [3.8, 4) is 0 Å². The van der Waals surface area contributed by atoms with Gasteiger partial charge in [-0.25, -0.2) is 0 Å². The molecule has 1 aromatic rings. The average Bonchev–Trinajstić information content (AvgIpc) is 3.04. The molecule has 0 radical (unpaired) electrons. The van der Waals surface area contributed by atoms with Gasteiger partial charge in [-0.15, -0.1) is 0 Å². The van der Waals surface area contributed by atoms with Gasteiger partial charge in [0.25, 0.3) is 0 Å². The third kappa shape index (κ3) is 3.58. The SMILES string of the molecule is CC(C)C(CCN)CCc1nc(C2(C)CCCO2)no1. The third-order valence-corrected chi connectivity index (χ3v) is 4.37.